The zero-order valence-corrected chi connectivity index (χ0v) is 5.17. The van der Waals surface area contributed by atoms with E-state index in [1.54, 1.807) is 0 Å². The molecule has 6 N–H and O–H groups in total. The number of rotatable bonds is 0. The van der Waals surface area contributed by atoms with Crippen LogP contribution in [0.5, 0.6) is 0 Å². The summed E-state index contributed by atoms with van der Waals surface area (Å²) in [6, 6.07) is 0. The van der Waals surface area contributed by atoms with Crippen molar-refractivity contribution in [2.75, 3.05) is 0 Å². The molecule has 0 amide bonds. The molecule has 0 saturated heterocycles. The van der Waals surface area contributed by atoms with Crippen molar-refractivity contribution < 1.29 is 35.9 Å². The fourth-order valence-corrected chi connectivity index (χ4v) is 0. The van der Waals surface area contributed by atoms with Crippen LogP contribution < -0.4 is 0 Å². The molecule has 6 heteroatoms. The zero-order valence-electron chi connectivity index (χ0n) is 2.21. The first-order chi connectivity index (χ1) is 0. The Labute approximate surface area is 75.1 Å². The van der Waals surface area contributed by atoms with E-state index in [9.17, 15) is 0 Å². The van der Waals surface area contributed by atoms with Crippen LogP contribution in [0.3, 0.4) is 0 Å². The predicted molar refractivity (Wildman–Crippen MR) is 30.7 cm³/mol. The van der Waals surface area contributed by atoms with E-state index in [0.29, 0.717) is 0 Å². The normalized spacial score (nSPS) is 0. The largest absolute Gasteiger partial charge is 0 e. The summed E-state index contributed by atoms with van der Waals surface area (Å²) < 4.78 is 0. The van der Waals surface area contributed by atoms with Gasteiger partial charge in [0.1, 0.15) is 0 Å². The van der Waals surface area contributed by atoms with Gasteiger partial charge in [-0.05, 0) is 0 Å². The molecule has 3 nitrogen and oxygen atoms in total. The van der Waals surface area contributed by atoms with Gasteiger partial charge in [0.2, 0.25) is 0 Å². The predicted octanol–water partition coefficient (Wildman–Crippen LogP) is -4.84. The maximum Gasteiger partial charge on any atom is 0 e. The molecule has 0 radical (unpaired) electrons. The molecular weight excluding hydrogens is 253 g/mol. The smallest absolute Gasteiger partial charge is 0 e. The Morgan fingerprint density at radius 1 is 0.500 bits per heavy atom. The van der Waals surface area contributed by atoms with E-state index >= 15 is 0 Å². The maximum atomic E-state index is 0. The van der Waals surface area contributed by atoms with Crippen LogP contribution in [0, 0.1) is 0 Å². The van der Waals surface area contributed by atoms with Crippen molar-refractivity contribution in [3.05, 3.63) is 0 Å². The third-order valence-electron chi connectivity index (χ3n) is 0. The Kier molecular flexibility index (Phi) is 1350. The average molecular weight is 265 g/mol. The summed E-state index contributed by atoms with van der Waals surface area (Å²) in [6.07, 6.45) is 0. The van der Waals surface area contributed by atoms with Crippen molar-refractivity contribution in [1.82, 2.24) is 0 Å². The van der Waals surface area contributed by atoms with Gasteiger partial charge in [0.15, 0.2) is 0 Å². The second-order valence-corrected chi connectivity index (χ2v) is 0. The number of hydrogen-bond donors (Lipinski definition) is 0. The van der Waals surface area contributed by atoms with Gasteiger partial charge < -0.3 is 16.4 Å². The second-order valence-electron chi connectivity index (χ2n) is 0. The summed E-state index contributed by atoms with van der Waals surface area (Å²) in [5.74, 6) is 0. The van der Waals surface area contributed by atoms with E-state index in [1.807, 2.05) is 0 Å². The molecule has 38 valence electrons. The average Bonchev–Trinajstić information content (AvgIpc) is 0. The molecule has 0 rings (SSSR count). The van der Waals surface area contributed by atoms with Gasteiger partial charge in [-0.15, -0.1) is 0 Å². The summed E-state index contributed by atoms with van der Waals surface area (Å²) in [4.78, 5) is 0. The van der Waals surface area contributed by atoms with Crippen molar-refractivity contribution in [2.45, 2.75) is 0 Å². The van der Waals surface area contributed by atoms with Gasteiger partial charge >= 0.3 is 39.6 Å². The Morgan fingerprint density at radius 2 is 0.500 bits per heavy atom. The Hall–Kier alpha value is 1.78. The summed E-state index contributed by atoms with van der Waals surface area (Å²) in [5.41, 5.74) is 0. The van der Waals surface area contributed by atoms with Crippen LogP contribution in [0.4, 0.5) is 0 Å². The molecule has 0 aromatic carbocycles. The van der Waals surface area contributed by atoms with Crippen LogP contribution in [-0.2, 0) is 19.5 Å². The first-order valence-corrected chi connectivity index (χ1v) is 0. The van der Waals surface area contributed by atoms with Crippen molar-refractivity contribution in [3.63, 3.8) is 0 Å². The summed E-state index contributed by atoms with van der Waals surface area (Å²) in [5, 5.41) is 0. The monoisotopic (exact) mass is 262 g/mol. The molecule has 0 atom stereocenters. The van der Waals surface area contributed by atoms with E-state index in [2.05, 4.69) is 0 Å². The van der Waals surface area contributed by atoms with Gasteiger partial charge in [-0.1, -0.05) is 0 Å². The molecular formula is H12Ga2O3Zn. The molecule has 0 aromatic heterocycles. The Bertz CT molecular complexity index is 8.75. The van der Waals surface area contributed by atoms with Gasteiger partial charge in [-0.25, -0.2) is 0 Å². The maximum absolute atomic E-state index is 0. The molecule has 0 fully saturated rings. The molecule has 0 unspecified atom stereocenters. The van der Waals surface area contributed by atoms with Crippen LogP contribution >= 0.6 is 0 Å². The van der Waals surface area contributed by atoms with Gasteiger partial charge in [-0.2, -0.15) is 0 Å². The Morgan fingerprint density at radius 3 is 0.500 bits per heavy atom. The molecule has 0 aliphatic heterocycles. The molecule has 6 heavy (non-hydrogen) atoms. The fourth-order valence-electron chi connectivity index (χ4n) is 0. The quantitative estimate of drug-likeness (QED) is 0.393. The van der Waals surface area contributed by atoms with Crippen LogP contribution in [0.15, 0.2) is 0 Å². The van der Waals surface area contributed by atoms with Crippen LogP contribution in [0.2, 0.25) is 0 Å². The van der Waals surface area contributed by atoms with E-state index in [1.165, 1.54) is 0 Å². The van der Waals surface area contributed by atoms with E-state index < -0.39 is 0 Å². The third-order valence-corrected chi connectivity index (χ3v) is 0. The van der Waals surface area contributed by atoms with Crippen molar-refractivity contribution >= 4 is 39.6 Å². The molecule has 0 heterocycles. The van der Waals surface area contributed by atoms with Crippen molar-refractivity contribution in [3.8, 4) is 0 Å². The minimum absolute atomic E-state index is 0. The molecule has 0 aliphatic carbocycles. The topological polar surface area (TPSA) is 94.5 Å². The van der Waals surface area contributed by atoms with Crippen LogP contribution in [0.1, 0.15) is 0 Å². The first kappa shape index (κ1) is 113. The molecule has 0 bridgehead atoms. The third kappa shape index (κ3) is 41.8. The SMILES string of the molecule is O.O.O.[GaH3].[GaH3].[Zn]. The van der Waals surface area contributed by atoms with Gasteiger partial charge in [0.25, 0.3) is 0 Å². The minimum Gasteiger partial charge on any atom is 0 e. The molecule has 0 spiro atoms. The fraction of sp³-hybridized carbons (Fsp3) is 0. The first-order valence-electron chi connectivity index (χ1n) is 0. The zero-order chi connectivity index (χ0) is 0. The second kappa shape index (κ2) is 71.7. The summed E-state index contributed by atoms with van der Waals surface area (Å²) >= 11 is 0. The summed E-state index contributed by atoms with van der Waals surface area (Å²) in [7, 11) is 0. The van der Waals surface area contributed by atoms with Crippen LogP contribution in [0.25, 0.3) is 0 Å². The molecule has 0 aromatic rings. The van der Waals surface area contributed by atoms with E-state index in [0.717, 1.165) is 0 Å². The van der Waals surface area contributed by atoms with Crippen molar-refractivity contribution in [2.24, 2.45) is 0 Å². The number of hydrogen-bond acceptors (Lipinski definition) is 0. The standard InChI is InChI=1S/2Ga.3H2O.Zn.6H/h;;3*1H2;;;;;;;. The van der Waals surface area contributed by atoms with Crippen molar-refractivity contribution in [1.29, 1.82) is 0 Å². The van der Waals surface area contributed by atoms with E-state index in [4.69, 9.17) is 0 Å². The van der Waals surface area contributed by atoms with Gasteiger partial charge in [0.05, 0.1) is 0 Å². The molecule has 0 aliphatic rings. The summed E-state index contributed by atoms with van der Waals surface area (Å²) in [6.45, 7) is 0. The van der Waals surface area contributed by atoms with E-state index in [-0.39, 0.29) is 75.5 Å². The van der Waals surface area contributed by atoms with Crippen LogP contribution in [-0.4, -0.2) is 56.0 Å². The Balaban J connectivity index is 0. The van der Waals surface area contributed by atoms with Gasteiger partial charge in [-0.3, -0.25) is 0 Å². The minimum atomic E-state index is 0. The molecule has 0 saturated carbocycles. The van der Waals surface area contributed by atoms with Gasteiger partial charge in [0, 0.05) is 19.5 Å².